The average Bonchev–Trinajstić information content (AvgIpc) is 2.46. The molecular formula is C15H23BrN2O. The number of ether oxygens (including phenoxy) is 1. The molecule has 3 nitrogen and oxygen atoms in total. The van der Waals surface area contributed by atoms with E-state index in [2.05, 4.69) is 40.0 Å². The summed E-state index contributed by atoms with van der Waals surface area (Å²) < 4.78 is 6.51. The first-order valence-corrected chi connectivity index (χ1v) is 7.76. The summed E-state index contributed by atoms with van der Waals surface area (Å²) in [5, 5.41) is 0. The predicted molar refractivity (Wildman–Crippen MR) is 82.2 cm³/mol. The Kier molecular flexibility index (Phi) is 5.82. The SMILES string of the molecule is CN(CCC(N)c1ccccc1Br)C1CCOCC1. The standard InChI is InChI=1S/C15H23BrN2O/c1-18(12-7-10-19-11-8-12)9-6-15(17)13-4-2-3-5-14(13)16/h2-5,12,15H,6-11,17H2,1H3. The predicted octanol–water partition coefficient (Wildman–Crippen LogP) is 2.95. The molecule has 1 heterocycles. The number of hydrogen-bond acceptors (Lipinski definition) is 3. The summed E-state index contributed by atoms with van der Waals surface area (Å²) >= 11 is 3.57. The zero-order chi connectivity index (χ0) is 13.7. The van der Waals surface area contributed by atoms with Gasteiger partial charge in [-0.1, -0.05) is 34.1 Å². The first kappa shape index (κ1) is 15.0. The van der Waals surface area contributed by atoms with Crippen LogP contribution in [0.2, 0.25) is 0 Å². The largest absolute Gasteiger partial charge is 0.381 e. The van der Waals surface area contributed by atoms with Gasteiger partial charge in [-0.05, 0) is 44.5 Å². The van der Waals surface area contributed by atoms with Crippen LogP contribution in [0.4, 0.5) is 0 Å². The minimum absolute atomic E-state index is 0.0952. The van der Waals surface area contributed by atoms with Gasteiger partial charge in [-0.15, -0.1) is 0 Å². The highest BCUT2D eigenvalue weighted by Gasteiger charge is 2.19. The topological polar surface area (TPSA) is 38.5 Å². The molecule has 0 aliphatic carbocycles. The Hall–Kier alpha value is -0.420. The van der Waals surface area contributed by atoms with E-state index in [1.54, 1.807) is 0 Å². The van der Waals surface area contributed by atoms with Crippen molar-refractivity contribution in [3.8, 4) is 0 Å². The van der Waals surface area contributed by atoms with Gasteiger partial charge in [-0.3, -0.25) is 0 Å². The summed E-state index contributed by atoms with van der Waals surface area (Å²) in [5.74, 6) is 0. The maximum absolute atomic E-state index is 6.29. The van der Waals surface area contributed by atoms with Gasteiger partial charge in [-0.2, -0.15) is 0 Å². The minimum atomic E-state index is 0.0952. The molecule has 1 aliphatic rings. The van der Waals surface area contributed by atoms with Crippen molar-refractivity contribution in [1.82, 2.24) is 4.90 Å². The fourth-order valence-electron chi connectivity index (χ4n) is 2.58. The summed E-state index contributed by atoms with van der Waals surface area (Å²) in [5.41, 5.74) is 7.49. The Bertz CT molecular complexity index is 393. The van der Waals surface area contributed by atoms with Gasteiger partial charge >= 0.3 is 0 Å². The molecule has 1 unspecified atom stereocenters. The number of nitrogens with two attached hydrogens (primary N) is 1. The summed E-state index contributed by atoms with van der Waals surface area (Å²) in [7, 11) is 2.20. The molecule has 1 aromatic carbocycles. The van der Waals surface area contributed by atoms with E-state index in [0.29, 0.717) is 6.04 Å². The van der Waals surface area contributed by atoms with Crippen molar-refractivity contribution in [2.24, 2.45) is 5.73 Å². The second-order valence-corrected chi connectivity index (χ2v) is 6.10. The third-order valence-electron chi connectivity index (χ3n) is 3.91. The molecule has 2 N–H and O–H groups in total. The first-order chi connectivity index (χ1) is 9.18. The fraction of sp³-hybridized carbons (Fsp3) is 0.600. The molecule has 4 heteroatoms. The van der Waals surface area contributed by atoms with Crippen LogP contribution in [0.25, 0.3) is 0 Å². The molecule has 0 amide bonds. The van der Waals surface area contributed by atoms with Gasteiger partial charge in [0.15, 0.2) is 0 Å². The quantitative estimate of drug-likeness (QED) is 0.904. The molecule has 1 aromatic rings. The highest BCUT2D eigenvalue weighted by molar-refractivity contribution is 9.10. The Labute approximate surface area is 124 Å². The van der Waals surface area contributed by atoms with Crippen LogP contribution in [0.15, 0.2) is 28.7 Å². The molecule has 1 saturated heterocycles. The van der Waals surface area contributed by atoms with E-state index in [1.807, 2.05) is 12.1 Å². The van der Waals surface area contributed by atoms with Crippen molar-refractivity contribution in [3.05, 3.63) is 34.3 Å². The van der Waals surface area contributed by atoms with Crippen LogP contribution in [-0.2, 0) is 4.74 Å². The van der Waals surface area contributed by atoms with Crippen molar-refractivity contribution in [3.63, 3.8) is 0 Å². The molecule has 19 heavy (non-hydrogen) atoms. The van der Waals surface area contributed by atoms with Crippen LogP contribution in [-0.4, -0.2) is 37.7 Å². The van der Waals surface area contributed by atoms with E-state index >= 15 is 0 Å². The third-order valence-corrected chi connectivity index (χ3v) is 4.63. The molecule has 0 radical (unpaired) electrons. The first-order valence-electron chi connectivity index (χ1n) is 6.96. The molecule has 106 valence electrons. The lowest BCUT2D eigenvalue weighted by Crippen LogP contribution is -2.38. The van der Waals surface area contributed by atoms with Crippen molar-refractivity contribution in [2.75, 3.05) is 26.8 Å². The summed E-state index contributed by atoms with van der Waals surface area (Å²) in [6.07, 6.45) is 3.26. The molecule has 2 rings (SSSR count). The van der Waals surface area contributed by atoms with E-state index in [1.165, 1.54) is 5.56 Å². The number of hydrogen-bond donors (Lipinski definition) is 1. The van der Waals surface area contributed by atoms with Gasteiger partial charge in [-0.25, -0.2) is 0 Å². The van der Waals surface area contributed by atoms with Crippen LogP contribution in [0.1, 0.15) is 30.9 Å². The highest BCUT2D eigenvalue weighted by Crippen LogP contribution is 2.24. The van der Waals surface area contributed by atoms with Crippen molar-refractivity contribution < 1.29 is 4.74 Å². The molecule has 1 atom stereocenters. The minimum Gasteiger partial charge on any atom is -0.381 e. The van der Waals surface area contributed by atoms with E-state index < -0.39 is 0 Å². The van der Waals surface area contributed by atoms with Crippen molar-refractivity contribution in [1.29, 1.82) is 0 Å². The second-order valence-electron chi connectivity index (χ2n) is 5.24. The van der Waals surface area contributed by atoms with Crippen LogP contribution in [0.5, 0.6) is 0 Å². The fourth-order valence-corrected chi connectivity index (χ4v) is 3.16. The van der Waals surface area contributed by atoms with Gasteiger partial charge in [0, 0.05) is 29.8 Å². The molecular weight excluding hydrogens is 304 g/mol. The maximum atomic E-state index is 6.29. The van der Waals surface area contributed by atoms with E-state index in [4.69, 9.17) is 10.5 Å². The lowest BCUT2D eigenvalue weighted by molar-refractivity contribution is 0.0422. The van der Waals surface area contributed by atoms with Gasteiger partial charge in [0.1, 0.15) is 0 Å². The number of nitrogens with zero attached hydrogens (tertiary/aromatic N) is 1. The summed E-state index contributed by atoms with van der Waals surface area (Å²) in [6, 6.07) is 8.97. The van der Waals surface area contributed by atoms with Crippen molar-refractivity contribution in [2.45, 2.75) is 31.3 Å². The zero-order valence-electron chi connectivity index (χ0n) is 11.5. The molecule has 0 bridgehead atoms. The lowest BCUT2D eigenvalue weighted by atomic mass is 10.0. The molecule has 0 spiro atoms. The van der Waals surface area contributed by atoms with Crippen LogP contribution in [0, 0.1) is 0 Å². The Morgan fingerprint density at radius 3 is 2.74 bits per heavy atom. The Morgan fingerprint density at radius 1 is 1.37 bits per heavy atom. The smallest absolute Gasteiger partial charge is 0.0480 e. The molecule has 0 aromatic heterocycles. The van der Waals surface area contributed by atoms with E-state index in [9.17, 15) is 0 Å². The van der Waals surface area contributed by atoms with Gasteiger partial charge in [0.05, 0.1) is 0 Å². The monoisotopic (exact) mass is 326 g/mol. The average molecular weight is 327 g/mol. The molecule has 0 saturated carbocycles. The van der Waals surface area contributed by atoms with E-state index in [0.717, 1.165) is 43.5 Å². The zero-order valence-corrected chi connectivity index (χ0v) is 13.1. The van der Waals surface area contributed by atoms with Gasteiger partial charge in [0.25, 0.3) is 0 Å². The number of halogens is 1. The number of rotatable bonds is 5. The highest BCUT2D eigenvalue weighted by atomic mass is 79.9. The Balaban J connectivity index is 1.82. The number of benzene rings is 1. The molecule has 1 aliphatic heterocycles. The van der Waals surface area contributed by atoms with E-state index in [-0.39, 0.29) is 6.04 Å². The normalized spacial score (nSPS) is 18.7. The van der Waals surface area contributed by atoms with Crippen LogP contribution >= 0.6 is 15.9 Å². The molecule has 1 fully saturated rings. The third kappa shape index (κ3) is 4.28. The summed E-state index contributed by atoms with van der Waals surface area (Å²) in [4.78, 5) is 2.43. The van der Waals surface area contributed by atoms with Crippen LogP contribution in [0.3, 0.4) is 0 Å². The van der Waals surface area contributed by atoms with Crippen molar-refractivity contribution >= 4 is 15.9 Å². The summed E-state index contributed by atoms with van der Waals surface area (Å²) in [6.45, 7) is 2.82. The second kappa shape index (κ2) is 7.39. The van der Waals surface area contributed by atoms with Gasteiger partial charge in [0.2, 0.25) is 0 Å². The maximum Gasteiger partial charge on any atom is 0.0480 e. The lowest BCUT2D eigenvalue weighted by Gasteiger charge is -2.31. The van der Waals surface area contributed by atoms with Gasteiger partial charge < -0.3 is 15.4 Å². The Morgan fingerprint density at radius 2 is 2.05 bits per heavy atom. The van der Waals surface area contributed by atoms with Crippen LogP contribution < -0.4 is 5.73 Å².